The second-order valence-electron chi connectivity index (χ2n) is 19.9. The summed E-state index contributed by atoms with van der Waals surface area (Å²) >= 11 is 0. The van der Waals surface area contributed by atoms with Crippen LogP contribution in [0.3, 0.4) is 0 Å². The Morgan fingerprint density at radius 2 is 0.566 bits per heavy atom. The molecule has 5 heteroatoms. The first-order chi connectivity index (χ1) is 37.6. The van der Waals surface area contributed by atoms with Gasteiger partial charge in [0.25, 0.3) is 0 Å². The number of nitrogens with zero attached hydrogens (tertiary/aromatic N) is 5. The summed E-state index contributed by atoms with van der Waals surface area (Å²) in [5.41, 5.74) is 21.3. The highest BCUT2D eigenvalue weighted by molar-refractivity contribution is 6.14. The van der Waals surface area contributed by atoms with Crippen LogP contribution in [-0.4, -0.2) is 23.7 Å². The maximum Gasteiger partial charge on any atom is 0.160 e. The Morgan fingerprint density at radius 3 is 1.05 bits per heavy atom. The minimum Gasteiger partial charge on any atom is -0.309 e. The lowest BCUT2D eigenvalue weighted by atomic mass is 9.98. The molecule has 76 heavy (non-hydrogen) atoms. The van der Waals surface area contributed by atoms with E-state index in [0.717, 1.165) is 72.9 Å². The molecule has 0 saturated carbocycles. The molecule has 0 fully saturated rings. The smallest absolute Gasteiger partial charge is 0.160 e. The Balaban J connectivity index is 0.793. The summed E-state index contributed by atoms with van der Waals surface area (Å²) < 4.78 is 7.29. The minimum absolute atomic E-state index is 0.713. The first-order valence-electron chi connectivity index (χ1n) is 26.0. The molecular weight excluding hydrogens is 923 g/mol. The lowest BCUT2D eigenvalue weighted by molar-refractivity contribution is 1.16. The van der Waals surface area contributed by atoms with Gasteiger partial charge in [-0.25, -0.2) is 9.97 Å². The third kappa shape index (κ3) is 7.16. The van der Waals surface area contributed by atoms with Gasteiger partial charge in [-0.15, -0.1) is 0 Å². The summed E-state index contributed by atoms with van der Waals surface area (Å²) in [6.45, 7) is 2.18. The number of aromatic nitrogens is 5. The largest absolute Gasteiger partial charge is 0.309 e. The van der Waals surface area contributed by atoms with Crippen LogP contribution in [-0.2, 0) is 0 Å². The fourth-order valence-electron chi connectivity index (χ4n) is 11.7. The van der Waals surface area contributed by atoms with Crippen LogP contribution in [0.2, 0.25) is 0 Å². The van der Waals surface area contributed by atoms with Gasteiger partial charge in [0, 0.05) is 66.1 Å². The van der Waals surface area contributed by atoms with Crippen molar-refractivity contribution in [3.8, 4) is 73.2 Å². The van der Waals surface area contributed by atoms with Crippen LogP contribution < -0.4 is 0 Å². The van der Waals surface area contributed by atoms with Crippen molar-refractivity contribution >= 4 is 65.4 Å². The molecule has 0 aliphatic heterocycles. The van der Waals surface area contributed by atoms with Crippen molar-refractivity contribution in [1.82, 2.24) is 23.7 Å². The summed E-state index contributed by atoms with van der Waals surface area (Å²) in [7, 11) is 0. The number of para-hydroxylation sites is 3. The van der Waals surface area contributed by atoms with Crippen molar-refractivity contribution in [2.45, 2.75) is 6.92 Å². The Morgan fingerprint density at radius 1 is 0.237 bits per heavy atom. The molecular formula is C71H47N5. The van der Waals surface area contributed by atoms with E-state index < -0.39 is 0 Å². The molecule has 0 atom stereocenters. The quantitative estimate of drug-likeness (QED) is 0.152. The van der Waals surface area contributed by atoms with E-state index in [2.05, 4.69) is 251 Å². The summed E-state index contributed by atoms with van der Waals surface area (Å²) in [6, 6.07) is 96.4. The molecule has 0 N–H and O–H groups in total. The van der Waals surface area contributed by atoms with E-state index >= 15 is 0 Å². The van der Waals surface area contributed by atoms with Gasteiger partial charge in [-0.3, -0.25) is 0 Å². The molecule has 4 heterocycles. The zero-order valence-electron chi connectivity index (χ0n) is 41.6. The zero-order valence-corrected chi connectivity index (χ0v) is 41.6. The number of hydrogen-bond donors (Lipinski definition) is 0. The lowest BCUT2D eigenvalue weighted by Gasteiger charge is -2.12. The van der Waals surface area contributed by atoms with Crippen molar-refractivity contribution in [3.05, 3.63) is 272 Å². The summed E-state index contributed by atoms with van der Waals surface area (Å²) in [5, 5.41) is 7.44. The lowest BCUT2D eigenvalue weighted by Crippen LogP contribution is -1.96. The van der Waals surface area contributed by atoms with Gasteiger partial charge in [0.05, 0.1) is 44.5 Å². The first-order valence-corrected chi connectivity index (χ1v) is 26.0. The van der Waals surface area contributed by atoms with Crippen LogP contribution in [0.4, 0.5) is 0 Å². The van der Waals surface area contributed by atoms with Crippen molar-refractivity contribution in [3.63, 3.8) is 0 Å². The molecule has 11 aromatic carbocycles. The van der Waals surface area contributed by atoms with Gasteiger partial charge in [-0.2, -0.15) is 0 Å². The van der Waals surface area contributed by atoms with Gasteiger partial charge in [-0.1, -0.05) is 188 Å². The van der Waals surface area contributed by atoms with Gasteiger partial charge in [0.15, 0.2) is 5.82 Å². The average Bonchev–Trinajstić information content (AvgIpc) is 4.23. The maximum atomic E-state index is 5.05. The van der Waals surface area contributed by atoms with Crippen molar-refractivity contribution in [2.24, 2.45) is 0 Å². The van der Waals surface area contributed by atoms with Crippen LogP contribution in [0.5, 0.6) is 0 Å². The Kier molecular flexibility index (Phi) is 10.0. The first kappa shape index (κ1) is 43.5. The molecule has 0 amide bonds. The summed E-state index contributed by atoms with van der Waals surface area (Å²) in [4.78, 5) is 10.0. The molecule has 4 aromatic heterocycles. The van der Waals surface area contributed by atoms with E-state index in [1.807, 2.05) is 36.4 Å². The van der Waals surface area contributed by atoms with Gasteiger partial charge in [0.1, 0.15) is 0 Å². The van der Waals surface area contributed by atoms with E-state index in [9.17, 15) is 0 Å². The number of aryl methyl sites for hydroxylation is 1. The molecule has 0 aliphatic carbocycles. The van der Waals surface area contributed by atoms with E-state index in [1.165, 1.54) is 65.5 Å². The molecule has 0 unspecified atom stereocenters. The number of hydrogen-bond acceptors (Lipinski definition) is 2. The normalized spacial score (nSPS) is 11.8. The summed E-state index contributed by atoms with van der Waals surface area (Å²) in [6.07, 6.45) is 0. The van der Waals surface area contributed by atoms with Crippen LogP contribution in [0.25, 0.3) is 139 Å². The van der Waals surface area contributed by atoms with Crippen LogP contribution in [0, 0.1) is 6.92 Å². The molecule has 15 rings (SSSR count). The van der Waals surface area contributed by atoms with Crippen LogP contribution >= 0.6 is 0 Å². The highest BCUT2D eigenvalue weighted by atomic mass is 15.0. The number of benzene rings is 11. The van der Waals surface area contributed by atoms with Gasteiger partial charge in [-0.05, 0) is 114 Å². The Hall–Kier alpha value is -10.1. The Labute approximate surface area is 439 Å². The van der Waals surface area contributed by atoms with Gasteiger partial charge < -0.3 is 13.7 Å². The summed E-state index contributed by atoms with van der Waals surface area (Å²) in [5.74, 6) is 0.713. The predicted octanol–water partition coefficient (Wildman–Crippen LogP) is 18.4. The van der Waals surface area contributed by atoms with E-state index in [0.29, 0.717) is 5.82 Å². The van der Waals surface area contributed by atoms with E-state index in [-0.39, 0.29) is 0 Å². The van der Waals surface area contributed by atoms with Crippen molar-refractivity contribution in [1.29, 1.82) is 0 Å². The molecule has 0 radical (unpaired) electrons. The SMILES string of the molecule is Cc1ccc2c(c1)c1ccccc1n2-c1ccc2c(c1)c1cc(-n3c4ccccc4c4ccccc43)ccc1n2-c1ccc(-c2ccc(-c3ccc(-c4cc(-c5ccccc5)nc(-c5ccccc5)n4)cc3)cc2)cc1. The van der Waals surface area contributed by atoms with Crippen LogP contribution in [0.1, 0.15) is 5.56 Å². The molecule has 5 nitrogen and oxygen atoms in total. The third-order valence-electron chi connectivity index (χ3n) is 15.3. The molecule has 356 valence electrons. The topological polar surface area (TPSA) is 40.6 Å². The predicted molar refractivity (Wildman–Crippen MR) is 317 cm³/mol. The average molecular weight is 970 g/mol. The monoisotopic (exact) mass is 969 g/mol. The second kappa shape index (κ2) is 17.5. The zero-order chi connectivity index (χ0) is 50.3. The fraction of sp³-hybridized carbons (Fsp3) is 0.0141. The van der Waals surface area contributed by atoms with E-state index in [4.69, 9.17) is 9.97 Å². The third-order valence-corrected chi connectivity index (χ3v) is 15.3. The van der Waals surface area contributed by atoms with Crippen molar-refractivity contribution < 1.29 is 0 Å². The van der Waals surface area contributed by atoms with Crippen molar-refractivity contribution in [2.75, 3.05) is 0 Å². The molecule has 15 aromatic rings. The molecule has 0 spiro atoms. The minimum atomic E-state index is 0.713. The van der Waals surface area contributed by atoms with Crippen LogP contribution in [0.15, 0.2) is 267 Å². The standard InChI is InChI=1S/C71H47N5/c1-46-24-39-68-60(42-46)59-20-10-13-23-67(59)76(68)56-38-41-70-62(44-56)61-43-55(75-65-21-11-8-18-57(65)58-19-9-12-22-66(58)75)37-40-69(61)74(70)54-35-33-50(34-36-54)48-27-25-47(26-28-48)49-29-31-52(32-30-49)64-45-63(51-14-4-2-5-15-51)72-71(73-64)53-16-6-3-7-17-53/h2-45H,1H3. The highest BCUT2D eigenvalue weighted by Gasteiger charge is 2.20. The van der Waals surface area contributed by atoms with E-state index in [1.54, 1.807) is 0 Å². The number of fused-ring (bicyclic) bond motifs is 9. The van der Waals surface area contributed by atoms with Gasteiger partial charge in [0.2, 0.25) is 0 Å². The maximum absolute atomic E-state index is 5.05. The molecule has 0 aliphatic rings. The Bertz CT molecular complexity index is 4610. The second-order valence-corrected chi connectivity index (χ2v) is 19.9. The van der Waals surface area contributed by atoms with Gasteiger partial charge >= 0.3 is 0 Å². The molecule has 0 saturated heterocycles. The fourth-order valence-corrected chi connectivity index (χ4v) is 11.7. The highest BCUT2D eigenvalue weighted by Crippen LogP contribution is 2.40. The molecule has 0 bridgehead atoms. The number of rotatable bonds is 8.